The maximum atomic E-state index is 14.5. The Balaban J connectivity index is 1.57. The quantitative estimate of drug-likeness (QED) is 0.432. The second-order valence-corrected chi connectivity index (χ2v) is 9.17. The number of fused-ring (bicyclic) bond motifs is 1. The van der Waals surface area contributed by atoms with E-state index in [0.717, 1.165) is 5.56 Å². The first-order valence-corrected chi connectivity index (χ1v) is 12.2. The molecule has 0 aromatic heterocycles. The number of carbonyl (C=O) groups is 4. The summed E-state index contributed by atoms with van der Waals surface area (Å²) in [4.78, 5) is 54.7. The molecule has 0 saturated carbocycles. The van der Waals surface area contributed by atoms with Crippen molar-refractivity contribution >= 4 is 23.6 Å². The zero-order valence-electron chi connectivity index (χ0n) is 20.2. The molecule has 4 rings (SSSR count). The van der Waals surface area contributed by atoms with Gasteiger partial charge in [0.1, 0.15) is 11.9 Å². The van der Waals surface area contributed by atoms with Crippen molar-refractivity contribution in [1.82, 2.24) is 15.1 Å². The molecule has 1 aliphatic heterocycles. The minimum atomic E-state index is -0.902. The van der Waals surface area contributed by atoms with Crippen LogP contribution in [0.5, 0.6) is 0 Å². The SMILES string of the molecule is CNC(=O)[C@@H](Cc1ccccc1)N(Cc1ccccc1F)C(=O)CCN1C(=O)[C@H]2CC=CC[C@H]2C1=O. The van der Waals surface area contributed by atoms with Crippen molar-refractivity contribution in [2.24, 2.45) is 11.8 Å². The Morgan fingerprint density at radius 1 is 1.00 bits per heavy atom. The maximum Gasteiger partial charge on any atom is 0.242 e. The highest BCUT2D eigenvalue weighted by Crippen LogP contribution is 2.35. The normalized spacial score (nSPS) is 19.7. The number of likely N-dealkylation sites (N-methyl/N-ethyl adjacent to an activating group) is 1. The van der Waals surface area contributed by atoms with Gasteiger partial charge in [-0.05, 0) is 24.5 Å². The van der Waals surface area contributed by atoms with E-state index in [9.17, 15) is 23.6 Å². The lowest BCUT2D eigenvalue weighted by molar-refractivity contribution is -0.144. The van der Waals surface area contributed by atoms with Crippen molar-refractivity contribution in [1.29, 1.82) is 0 Å². The Morgan fingerprint density at radius 3 is 2.22 bits per heavy atom. The van der Waals surface area contributed by atoms with Crippen LogP contribution in [0, 0.1) is 17.7 Å². The van der Waals surface area contributed by atoms with Crippen LogP contribution in [0.4, 0.5) is 4.39 Å². The fourth-order valence-corrected chi connectivity index (χ4v) is 4.97. The highest BCUT2D eigenvalue weighted by molar-refractivity contribution is 6.05. The lowest BCUT2D eigenvalue weighted by Gasteiger charge is -2.31. The molecule has 36 heavy (non-hydrogen) atoms. The van der Waals surface area contributed by atoms with E-state index in [2.05, 4.69) is 5.32 Å². The third-order valence-corrected chi connectivity index (χ3v) is 6.96. The molecule has 2 aromatic rings. The van der Waals surface area contributed by atoms with E-state index in [1.54, 1.807) is 18.2 Å². The Bertz CT molecular complexity index is 1140. The Labute approximate surface area is 210 Å². The van der Waals surface area contributed by atoms with Crippen molar-refractivity contribution in [3.05, 3.63) is 83.7 Å². The molecule has 7 nitrogen and oxygen atoms in total. The Morgan fingerprint density at radius 2 is 1.61 bits per heavy atom. The van der Waals surface area contributed by atoms with Crippen molar-refractivity contribution in [3.63, 3.8) is 0 Å². The molecule has 2 aromatic carbocycles. The summed E-state index contributed by atoms with van der Waals surface area (Å²) in [5.41, 5.74) is 1.12. The fraction of sp³-hybridized carbons (Fsp3) is 0.357. The first-order valence-electron chi connectivity index (χ1n) is 12.2. The zero-order valence-corrected chi connectivity index (χ0v) is 20.2. The molecule has 1 fully saturated rings. The molecule has 8 heteroatoms. The minimum Gasteiger partial charge on any atom is -0.357 e. The molecule has 2 aliphatic rings. The molecule has 3 atom stereocenters. The standard InChI is InChI=1S/C28H30FN3O4/c1-30-26(34)24(17-19-9-3-2-4-10-19)32(18-20-11-5-8-14-23(20)29)25(33)15-16-31-27(35)21-12-6-7-13-22(21)28(31)36/h2-11,14,21-22,24H,12-13,15-18H2,1H3,(H,30,34)/t21-,22+,24-/m1/s1. The minimum absolute atomic E-state index is 0.0664. The van der Waals surface area contributed by atoms with Crippen LogP contribution in [0.15, 0.2) is 66.7 Å². The Kier molecular flexibility index (Phi) is 7.93. The van der Waals surface area contributed by atoms with E-state index >= 15 is 0 Å². The number of hydrogen-bond acceptors (Lipinski definition) is 4. The number of likely N-dealkylation sites (tertiary alicyclic amines) is 1. The molecule has 1 heterocycles. The van der Waals surface area contributed by atoms with Crippen molar-refractivity contribution < 1.29 is 23.6 Å². The number of benzene rings is 2. The Hall–Kier alpha value is -3.81. The largest absolute Gasteiger partial charge is 0.357 e. The lowest BCUT2D eigenvalue weighted by atomic mass is 9.85. The number of nitrogens with zero attached hydrogens (tertiary/aromatic N) is 2. The van der Waals surface area contributed by atoms with Crippen LogP contribution in [-0.2, 0) is 32.1 Å². The summed E-state index contributed by atoms with van der Waals surface area (Å²) in [5, 5.41) is 2.61. The molecule has 0 bridgehead atoms. The molecular weight excluding hydrogens is 461 g/mol. The van der Waals surface area contributed by atoms with Crippen molar-refractivity contribution in [2.45, 2.75) is 38.3 Å². The summed E-state index contributed by atoms with van der Waals surface area (Å²) < 4.78 is 14.5. The van der Waals surface area contributed by atoms with E-state index in [-0.39, 0.29) is 61.1 Å². The van der Waals surface area contributed by atoms with Gasteiger partial charge >= 0.3 is 0 Å². The number of nitrogens with one attached hydrogen (secondary N) is 1. The molecule has 0 radical (unpaired) electrons. The summed E-state index contributed by atoms with van der Waals surface area (Å²) in [7, 11) is 1.49. The van der Waals surface area contributed by atoms with Crippen molar-refractivity contribution in [3.8, 4) is 0 Å². The van der Waals surface area contributed by atoms with E-state index in [1.807, 2.05) is 42.5 Å². The van der Waals surface area contributed by atoms with Gasteiger partial charge in [-0.25, -0.2) is 4.39 Å². The van der Waals surface area contributed by atoms with Gasteiger partial charge in [0.05, 0.1) is 11.8 Å². The van der Waals surface area contributed by atoms with Gasteiger partial charge in [0.25, 0.3) is 0 Å². The smallest absolute Gasteiger partial charge is 0.242 e. The van der Waals surface area contributed by atoms with E-state index < -0.39 is 17.8 Å². The van der Waals surface area contributed by atoms with Crippen LogP contribution >= 0.6 is 0 Å². The average molecular weight is 492 g/mol. The van der Waals surface area contributed by atoms with E-state index in [1.165, 1.54) is 22.9 Å². The first-order chi connectivity index (χ1) is 17.4. The number of halogens is 1. The predicted octanol–water partition coefficient (Wildman–Crippen LogP) is 2.85. The molecule has 188 valence electrons. The van der Waals surface area contributed by atoms with Crippen LogP contribution in [0.3, 0.4) is 0 Å². The third kappa shape index (κ3) is 5.37. The average Bonchev–Trinajstić information content (AvgIpc) is 3.15. The molecular formula is C28H30FN3O4. The van der Waals surface area contributed by atoms with Gasteiger partial charge in [-0.15, -0.1) is 0 Å². The van der Waals surface area contributed by atoms with E-state index in [0.29, 0.717) is 12.8 Å². The van der Waals surface area contributed by atoms with Gasteiger partial charge < -0.3 is 10.2 Å². The van der Waals surface area contributed by atoms with Crippen LogP contribution in [0.1, 0.15) is 30.4 Å². The zero-order chi connectivity index (χ0) is 25.7. The topological polar surface area (TPSA) is 86.8 Å². The summed E-state index contributed by atoms with van der Waals surface area (Å²) in [6.07, 6.45) is 4.95. The second kappa shape index (κ2) is 11.3. The number of hydrogen-bond donors (Lipinski definition) is 1. The fourth-order valence-electron chi connectivity index (χ4n) is 4.97. The monoisotopic (exact) mass is 491 g/mol. The summed E-state index contributed by atoms with van der Waals surface area (Å²) in [6, 6.07) is 14.5. The molecule has 1 saturated heterocycles. The number of imide groups is 1. The van der Waals surface area contributed by atoms with Crippen LogP contribution in [0.2, 0.25) is 0 Å². The van der Waals surface area contributed by atoms with Crippen molar-refractivity contribution in [2.75, 3.05) is 13.6 Å². The van der Waals surface area contributed by atoms with Gasteiger partial charge in [0, 0.05) is 38.5 Å². The number of allylic oxidation sites excluding steroid dienone is 2. The van der Waals surface area contributed by atoms with Gasteiger partial charge in [0.2, 0.25) is 23.6 Å². The highest BCUT2D eigenvalue weighted by Gasteiger charge is 2.47. The maximum absolute atomic E-state index is 14.5. The van der Waals surface area contributed by atoms with Gasteiger partial charge in [-0.3, -0.25) is 24.1 Å². The molecule has 0 unspecified atom stereocenters. The van der Waals surface area contributed by atoms with Crippen LogP contribution < -0.4 is 5.32 Å². The molecule has 0 spiro atoms. The molecule has 1 N–H and O–H groups in total. The third-order valence-electron chi connectivity index (χ3n) is 6.96. The molecule has 1 aliphatic carbocycles. The van der Waals surface area contributed by atoms with E-state index in [4.69, 9.17) is 0 Å². The van der Waals surface area contributed by atoms with Crippen LogP contribution in [0.25, 0.3) is 0 Å². The lowest BCUT2D eigenvalue weighted by Crippen LogP contribution is -2.50. The summed E-state index contributed by atoms with van der Waals surface area (Å²) in [6.45, 7) is -0.184. The van der Waals surface area contributed by atoms with Gasteiger partial charge in [0.15, 0.2) is 0 Å². The summed E-state index contributed by atoms with van der Waals surface area (Å²) in [5.74, 6) is -2.55. The second-order valence-electron chi connectivity index (χ2n) is 9.17. The predicted molar refractivity (Wildman–Crippen MR) is 132 cm³/mol. The number of carbonyl (C=O) groups excluding carboxylic acids is 4. The van der Waals surface area contributed by atoms with Gasteiger partial charge in [-0.1, -0.05) is 60.7 Å². The van der Waals surface area contributed by atoms with Gasteiger partial charge in [-0.2, -0.15) is 0 Å². The first kappa shape index (κ1) is 25.3. The number of amides is 4. The summed E-state index contributed by atoms with van der Waals surface area (Å²) >= 11 is 0. The molecule has 4 amide bonds. The van der Waals surface area contributed by atoms with Crippen LogP contribution in [-0.4, -0.2) is 53.1 Å². The highest BCUT2D eigenvalue weighted by atomic mass is 19.1. The number of rotatable bonds is 9.